The molecule has 1 aliphatic carbocycles. The number of ether oxygens (including phenoxy) is 1. The Morgan fingerprint density at radius 2 is 1.96 bits per heavy atom. The zero-order chi connectivity index (χ0) is 17.3. The van der Waals surface area contributed by atoms with Crippen LogP contribution in [0.25, 0.3) is 0 Å². The molecule has 0 amide bonds. The van der Waals surface area contributed by atoms with Gasteiger partial charge in [-0.1, -0.05) is 45.4 Å². The molecule has 128 valence electrons. The van der Waals surface area contributed by atoms with Gasteiger partial charge in [0.25, 0.3) is 0 Å². The van der Waals surface area contributed by atoms with Gasteiger partial charge in [-0.3, -0.25) is 0 Å². The van der Waals surface area contributed by atoms with Gasteiger partial charge in [0.1, 0.15) is 17.8 Å². The van der Waals surface area contributed by atoms with Gasteiger partial charge in [0.15, 0.2) is 0 Å². The van der Waals surface area contributed by atoms with Crippen LogP contribution in [-0.2, 0) is 4.74 Å². The second-order valence-corrected chi connectivity index (χ2v) is 7.66. The summed E-state index contributed by atoms with van der Waals surface area (Å²) >= 11 is 0. The Bertz CT molecular complexity index is 550. The van der Waals surface area contributed by atoms with E-state index in [0.717, 1.165) is 19.3 Å². The van der Waals surface area contributed by atoms with Crippen molar-refractivity contribution in [1.29, 1.82) is 0 Å². The lowest BCUT2D eigenvalue weighted by Crippen LogP contribution is -2.67. The number of aliphatic hydroxyl groups is 2. The first-order chi connectivity index (χ1) is 10.6. The van der Waals surface area contributed by atoms with Gasteiger partial charge in [-0.05, 0) is 43.2 Å². The predicted molar refractivity (Wildman–Crippen MR) is 89.1 cm³/mol. The largest absolute Gasteiger partial charge is 0.459 e. The van der Waals surface area contributed by atoms with Crippen molar-refractivity contribution in [2.24, 2.45) is 11.3 Å². The first-order valence-corrected chi connectivity index (χ1v) is 8.29. The van der Waals surface area contributed by atoms with Crippen LogP contribution in [0, 0.1) is 11.3 Å². The Hall–Kier alpha value is -1.39. The monoisotopic (exact) mass is 320 g/mol. The van der Waals surface area contributed by atoms with Crippen LogP contribution in [0.5, 0.6) is 0 Å². The van der Waals surface area contributed by atoms with E-state index in [1.165, 1.54) is 0 Å². The average molecular weight is 320 g/mol. The fraction of sp³-hybridized carbons (Fsp3) is 0.632. The minimum absolute atomic E-state index is 0.0725. The number of rotatable bonds is 4. The molecule has 4 nitrogen and oxygen atoms in total. The van der Waals surface area contributed by atoms with E-state index in [0.29, 0.717) is 5.56 Å². The van der Waals surface area contributed by atoms with E-state index in [4.69, 9.17) is 4.74 Å². The standard InChI is InChI=1S/C19H28O4/c1-14-9-8-12-17(2,3)19(14,22)18(4,21)13-23-16(20)15-10-6-5-7-11-15/h5-7,10-11,14,21-22H,8-9,12-13H2,1-4H3. The Balaban J connectivity index is 2.15. The summed E-state index contributed by atoms with van der Waals surface area (Å²) in [6, 6.07) is 8.67. The summed E-state index contributed by atoms with van der Waals surface area (Å²) in [7, 11) is 0. The SMILES string of the molecule is CC1CCCC(C)(C)C1(O)C(C)(O)COC(=O)c1ccccc1. The number of carbonyl (C=O) groups excluding carboxylic acids is 1. The number of hydrogen-bond acceptors (Lipinski definition) is 4. The van der Waals surface area contributed by atoms with E-state index < -0.39 is 22.6 Å². The lowest BCUT2D eigenvalue weighted by Gasteiger charge is -2.56. The third-order valence-electron chi connectivity index (χ3n) is 5.50. The van der Waals surface area contributed by atoms with Gasteiger partial charge < -0.3 is 14.9 Å². The predicted octanol–water partition coefficient (Wildman–Crippen LogP) is 3.17. The zero-order valence-electron chi connectivity index (χ0n) is 14.5. The molecule has 1 fully saturated rings. The molecule has 1 saturated carbocycles. The molecule has 4 heteroatoms. The van der Waals surface area contributed by atoms with Crippen LogP contribution in [-0.4, -0.2) is 34.0 Å². The van der Waals surface area contributed by atoms with Crippen LogP contribution in [0.4, 0.5) is 0 Å². The van der Waals surface area contributed by atoms with Crippen LogP contribution < -0.4 is 0 Å². The molecule has 2 rings (SSSR count). The van der Waals surface area contributed by atoms with Gasteiger partial charge >= 0.3 is 5.97 Å². The molecule has 0 heterocycles. The number of esters is 1. The summed E-state index contributed by atoms with van der Waals surface area (Å²) < 4.78 is 5.30. The Kier molecular flexibility index (Phi) is 4.88. The summed E-state index contributed by atoms with van der Waals surface area (Å²) in [6.45, 7) is 7.22. The van der Waals surface area contributed by atoms with E-state index in [2.05, 4.69) is 0 Å². The molecule has 3 atom stereocenters. The van der Waals surface area contributed by atoms with Crippen LogP contribution in [0.2, 0.25) is 0 Å². The highest BCUT2D eigenvalue weighted by atomic mass is 16.5. The van der Waals surface area contributed by atoms with E-state index >= 15 is 0 Å². The number of benzene rings is 1. The molecule has 0 radical (unpaired) electrons. The van der Waals surface area contributed by atoms with Crippen molar-refractivity contribution in [2.45, 2.75) is 58.2 Å². The number of hydrogen-bond donors (Lipinski definition) is 2. The van der Waals surface area contributed by atoms with Gasteiger partial charge in [0, 0.05) is 0 Å². The Morgan fingerprint density at radius 1 is 1.35 bits per heavy atom. The van der Waals surface area contributed by atoms with Crippen molar-refractivity contribution in [1.82, 2.24) is 0 Å². The van der Waals surface area contributed by atoms with Crippen LogP contribution in [0.3, 0.4) is 0 Å². The molecular formula is C19H28O4. The van der Waals surface area contributed by atoms with Crippen molar-refractivity contribution in [3.8, 4) is 0 Å². The van der Waals surface area contributed by atoms with Crippen molar-refractivity contribution in [2.75, 3.05) is 6.61 Å². The topological polar surface area (TPSA) is 66.8 Å². The molecule has 1 aromatic rings. The summed E-state index contributed by atoms with van der Waals surface area (Å²) in [5, 5.41) is 22.3. The van der Waals surface area contributed by atoms with Gasteiger partial charge in [0.2, 0.25) is 0 Å². The highest BCUT2D eigenvalue weighted by Crippen LogP contribution is 2.52. The molecule has 0 aromatic heterocycles. The van der Waals surface area contributed by atoms with Gasteiger partial charge in [-0.15, -0.1) is 0 Å². The molecule has 23 heavy (non-hydrogen) atoms. The first kappa shape index (κ1) is 18.0. The highest BCUT2D eigenvalue weighted by molar-refractivity contribution is 5.89. The molecule has 0 aliphatic heterocycles. The fourth-order valence-electron chi connectivity index (χ4n) is 4.15. The third-order valence-corrected chi connectivity index (χ3v) is 5.50. The fourth-order valence-corrected chi connectivity index (χ4v) is 4.15. The minimum Gasteiger partial charge on any atom is -0.459 e. The minimum atomic E-state index is -1.51. The van der Waals surface area contributed by atoms with Crippen LogP contribution in [0.1, 0.15) is 57.3 Å². The molecule has 0 saturated heterocycles. The maximum atomic E-state index is 12.1. The summed E-state index contributed by atoms with van der Waals surface area (Å²) in [4.78, 5) is 12.1. The van der Waals surface area contributed by atoms with Crippen molar-refractivity contribution >= 4 is 5.97 Å². The van der Waals surface area contributed by atoms with Gasteiger partial charge in [0.05, 0.1) is 5.56 Å². The number of carbonyl (C=O) groups is 1. The molecular weight excluding hydrogens is 292 g/mol. The van der Waals surface area contributed by atoms with Crippen molar-refractivity contribution in [3.63, 3.8) is 0 Å². The molecule has 1 aromatic carbocycles. The molecule has 1 aliphatic rings. The van der Waals surface area contributed by atoms with E-state index in [-0.39, 0.29) is 12.5 Å². The molecule has 0 bridgehead atoms. The first-order valence-electron chi connectivity index (χ1n) is 8.29. The maximum absolute atomic E-state index is 12.1. The zero-order valence-corrected chi connectivity index (χ0v) is 14.5. The molecule has 3 unspecified atom stereocenters. The van der Waals surface area contributed by atoms with E-state index in [1.54, 1.807) is 31.2 Å². The molecule has 0 spiro atoms. The smallest absolute Gasteiger partial charge is 0.338 e. The summed E-state index contributed by atoms with van der Waals surface area (Å²) in [5.74, 6) is -0.563. The van der Waals surface area contributed by atoms with Gasteiger partial charge in [-0.25, -0.2) is 4.79 Å². The van der Waals surface area contributed by atoms with E-state index in [9.17, 15) is 15.0 Å². The van der Waals surface area contributed by atoms with Crippen molar-refractivity contribution < 1.29 is 19.7 Å². The lowest BCUT2D eigenvalue weighted by molar-refractivity contribution is -0.251. The quantitative estimate of drug-likeness (QED) is 0.836. The average Bonchev–Trinajstić information content (AvgIpc) is 2.50. The van der Waals surface area contributed by atoms with E-state index in [1.807, 2.05) is 26.8 Å². The lowest BCUT2D eigenvalue weighted by atomic mass is 9.55. The summed E-state index contributed by atoms with van der Waals surface area (Å²) in [6.07, 6.45) is 2.70. The maximum Gasteiger partial charge on any atom is 0.338 e. The Morgan fingerprint density at radius 3 is 2.52 bits per heavy atom. The second-order valence-electron chi connectivity index (χ2n) is 7.66. The van der Waals surface area contributed by atoms with Crippen molar-refractivity contribution in [3.05, 3.63) is 35.9 Å². The second kappa shape index (κ2) is 6.25. The van der Waals surface area contributed by atoms with Crippen LogP contribution in [0.15, 0.2) is 30.3 Å². The van der Waals surface area contributed by atoms with Gasteiger partial charge in [-0.2, -0.15) is 0 Å². The summed E-state index contributed by atoms with van der Waals surface area (Å²) in [5.41, 5.74) is -2.84. The third kappa shape index (κ3) is 3.15. The Labute approximate surface area is 138 Å². The van der Waals surface area contributed by atoms with Crippen LogP contribution >= 0.6 is 0 Å². The highest BCUT2D eigenvalue weighted by Gasteiger charge is 2.60. The molecule has 2 N–H and O–H groups in total. The normalized spacial score (nSPS) is 29.6.